The average molecular weight is 582 g/mol. The lowest BCUT2D eigenvalue weighted by molar-refractivity contribution is -0.154. The lowest BCUT2D eigenvalue weighted by atomic mass is 9.70. The number of likely N-dealkylation sites (tertiary alicyclic amines) is 1. The molecule has 194 valence electrons. The molecule has 0 radical (unpaired) electrons. The Balaban J connectivity index is 1.77. The van der Waals surface area contributed by atoms with Gasteiger partial charge in [-0.05, 0) is 31.4 Å². The summed E-state index contributed by atoms with van der Waals surface area (Å²) in [6.45, 7) is 9.15. The summed E-state index contributed by atoms with van der Waals surface area (Å²) < 4.78 is 11.9. The zero-order valence-corrected chi connectivity index (χ0v) is 22.4. The molecule has 6 atom stereocenters. The number of aryl methyl sites for hydroxylation is 1. The molecular formula is C26H30BrClN2O6. The van der Waals surface area contributed by atoms with Crippen molar-refractivity contribution in [1.29, 1.82) is 0 Å². The van der Waals surface area contributed by atoms with E-state index in [1.807, 2.05) is 13.0 Å². The first kappa shape index (κ1) is 26.9. The van der Waals surface area contributed by atoms with Crippen LogP contribution in [0.4, 0.5) is 5.69 Å². The maximum absolute atomic E-state index is 14.3. The van der Waals surface area contributed by atoms with Crippen molar-refractivity contribution < 1.29 is 29.0 Å². The molecule has 0 aromatic heterocycles. The fourth-order valence-electron chi connectivity index (χ4n) is 5.90. The average Bonchev–Trinajstić information content (AvgIpc) is 3.42. The molecule has 4 rings (SSSR count). The summed E-state index contributed by atoms with van der Waals surface area (Å²) in [6, 6.07) is 4.27. The van der Waals surface area contributed by atoms with Crippen LogP contribution in [0.2, 0.25) is 5.02 Å². The number of hydrogen-bond acceptors (Lipinski definition) is 6. The van der Waals surface area contributed by atoms with E-state index >= 15 is 0 Å². The van der Waals surface area contributed by atoms with E-state index in [0.29, 0.717) is 23.6 Å². The van der Waals surface area contributed by atoms with Gasteiger partial charge in [0.1, 0.15) is 11.6 Å². The van der Waals surface area contributed by atoms with E-state index in [1.54, 1.807) is 24.3 Å². The van der Waals surface area contributed by atoms with Gasteiger partial charge in [0.05, 0.1) is 41.9 Å². The number of esters is 1. The number of benzene rings is 1. The summed E-state index contributed by atoms with van der Waals surface area (Å²) in [5.41, 5.74) is 0.0471. The van der Waals surface area contributed by atoms with Crippen molar-refractivity contribution in [3.63, 3.8) is 0 Å². The van der Waals surface area contributed by atoms with Crippen molar-refractivity contribution in [1.82, 2.24) is 4.90 Å². The smallest absolute Gasteiger partial charge is 0.312 e. The molecule has 1 aromatic rings. The Morgan fingerprint density at radius 2 is 2.14 bits per heavy atom. The highest BCUT2D eigenvalue weighted by molar-refractivity contribution is 9.09. The highest BCUT2D eigenvalue weighted by Crippen LogP contribution is 2.60. The molecule has 3 unspecified atom stereocenters. The lowest BCUT2D eigenvalue weighted by Crippen LogP contribution is -2.57. The van der Waals surface area contributed by atoms with E-state index in [4.69, 9.17) is 21.1 Å². The van der Waals surface area contributed by atoms with Crippen molar-refractivity contribution in [3.05, 3.63) is 54.1 Å². The van der Waals surface area contributed by atoms with E-state index in [2.05, 4.69) is 29.1 Å². The number of rotatable bonds is 10. The minimum atomic E-state index is -1.25. The second-order valence-corrected chi connectivity index (χ2v) is 10.9. The van der Waals surface area contributed by atoms with Gasteiger partial charge in [0.15, 0.2) is 0 Å². The number of aliphatic hydroxyl groups excluding tert-OH is 1. The summed E-state index contributed by atoms with van der Waals surface area (Å²) in [4.78, 5) is 43.8. The number of anilines is 1. The topological polar surface area (TPSA) is 96.4 Å². The largest absolute Gasteiger partial charge is 0.465 e. The lowest BCUT2D eigenvalue weighted by Gasteiger charge is -2.37. The van der Waals surface area contributed by atoms with Gasteiger partial charge in [-0.15, -0.1) is 13.2 Å². The Morgan fingerprint density at radius 1 is 1.39 bits per heavy atom. The van der Waals surface area contributed by atoms with E-state index in [1.165, 1.54) is 9.80 Å². The van der Waals surface area contributed by atoms with Crippen molar-refractivity contribution in [2.75, 3.05) is 31.2 Å². The number of carbonyl (C=O) groups excluding carboxylic acids is 3. The summed E-state index contributed by atoms with van der Waals surface area (Å²) in [5.74, 6) is -3.10. The van der Waals surface area contributed by atoms with Gasteiger partial charge in [0, 0.05) is 17.9 Å². The molecule has 3 fully saturated rings. The van der Waals surface area contributed by atoms with Crippen LogP contribution in [0.3, 0.4) is 0 Å². The quantitative estimate of drug-likeness (QED) is 0.198. The zero-order valence-electron chi connectivity index (χ0n) is 20.1. The van der Waals surface area contributed by atoms with Gasteiger partial charge in [-0.3, -0.25) is 14.4 Å². The molecule has 1 N–H and O–H groups in total. The van der Waals surface area contributed by atoms with Crippen LogP contribution >= 0.6 is 27.5 Å². The van der Waals surface area contributed by atoms with Gasteiger partial charge >= 0.3 is 5.97 Å². The first-order chi connectivity index (χ1) is 17.2. The third-order valence-corrected chi connectivity index (χ3v) is 8.39. The van der Waals surface area contributed by atoms with Gasteiger partial charge in [0.2, 0.25) is 5.91 Å². The molecule has 36 heavy (non-hydrogen) atoms. The van der Waals surface area contributed by atoms with E-state index in [9.17, 15) is 19.5 Å². The van der Waals surface area contributed by atoms with Crippen LogP contribution in [0.15, 0.2) is 43.5 Å². The molecule has 0 aliphatic carbocycles. The number of β-amino-alcohol motifs (C(OH)–C–C–N with tert-alkyl or cyclic N) is 1. The number of hydrogen-bond donors (Lipinski definition) is 1. The molecule has 3 aliphatic heterocycles. The van der Waals surface area contributed by atoms with Crippen molar-refractivity contribution in [2.24, 2.45) is 11.8 Å². The molecule has 3 saturated heterocycles. The number of nitrogens with zero attached hydrogens (tertiary/aromatic N) is 2. The van der Waals surface area contributed by atoms with Crippen molar-refractivity contribution in [2.45, 2.75) is 42.3 Å². The summed E-state index contributed by atoms with van der Waals surface area (Å²) in [5, 5.41) is 10.2. The van der Waals surface area contributed by atoms with Crippen LogP contribution in [0.25, 0.3) is 0 Å². The molecule has 3 aliphatic rings. The molecule has 3 heterocycles. The summed E-state index contributed by atoms with van der Waals surface area (Å²) >= 11 is 10.1. The highest BCUT2D eigenvalue weighted by atomic mass is 79.9. The summed E-state index contributed by atoms with van der Waals surface area (Å²) in [6.07, 6.45) is 3.45. The number of amides is 2. The normalized spacial score (nSPS) is 30.3. The van der Waals surface area contributed by atoms with Gasteiger partial charge < -0.3 is 24.4 Å². The minimum absolute atomic E-state index is 0.0733. The van der Waals surface area contributed by atoms with Crippen LogP contribution in [0.1, 0.15) is 18.4 Å². The molecule has 0 saturated carbocycles. The fraction of sp³-hybridized carbons (Fsp3) is 0.500. The van der Waals surface area contributed by atoms with Crippen LogP contribution < -0.4 is 4.90 Å². The van der Waals surface area contributed by atoms with Crippen molar-refractivity contribution >= 4 is 51.0 Å². The number of para-hydroxylation sites is 1. The number of alkyl halides is 1. The molecule has 1 spiro atoms. The van der Waals surface area contributed by atoms with E-state index in [-0.39, 0.29) is 31.1 Å². The van der Waals surface area contributed by atoms with Gasteiger partial charge in [-0.2, -0.15) is 0 Å². The minimum Gasteiger partial charge on any atom is -0.465 e. The number of aliphatic hydroxyl groups is 1. The van der Waals surface area contributed by atoms with Gasteiger partial charge in [-0.25, -0.2) is 0 Å². The van der Waals surface area contributed by atoms with Crippen LogP contribution in [-0.4, -0.2) is 76.7 Å². The second kappa shape index (κ2) is 10.7. The molecule has 2 amide bonds. The number of carbonyl (C=O) groups is 3. The first-order valence-corrected chi connectivity index (χ1v) is 13.2. The zero-order chi connectivity index (χ0) is 26.2. The number of fused-ring (bicyclic) bond motifs is 1. The van der Waals surface area contributed by atoms with Gasteiger partial charge in [0.25, 0.3) is 5.91 Å². The fourth-order valence-corrected chi connectivity index (χ4v) is 7.17. The van der Waals surface area contributed by atoms with Crippen LogP contribution in [-0.2, 0) is 23.9 Å². The Labute approximate surface area is 224 Å². The molecule has 8 nitrogen and oxygen atoms in total. The Morgan fingerprint density at radius 3 is 2.78 bits per heavy atom. The molecular weight excluding hydrogens is 552 g/mol. The maximum atomic E-state index is 14.3. The second-order valence-electron chi connectivity index (χ2n) is 9.31. The van der Waals surface area contributed by atoms with E-state index in [0.717, 1.165) is 5.56 Å². The van der Waals surface area contributed by atoms with Gasteiger partial charge in [-0.1, -0.05) is 51.8 Å². The van der Waals surface area contributed by atoms with Crippen molar-refractivity contribution in [3.8, 4) is 0 Å². The maximum Gasteiger partial charge on any atom is 0.312 e. The monoisotopic (exact) mass is 580 g/mol. The standard InChI is InChI=1S/C26H30BrClN2O6/c1-4-6-13-35-25(34)18-19-23(32)30(11-12-31)22(26(19)14-16(27)21(18)36-26)24(33)29(10-5-2)20-15(3)8-7-9-17(20)28/h4-5,7-9,16,18-19,21-22,31H,1-2,6,10-14H2,3H3/t16?,18-,19-,21-,22?,26?/m0/s1. The third-order valence-electron chi connectivity index (χ3n) is 7.24. The Hall–Kier alpha value is -2.20. The third kappa shape index (κ3) is 4.20. The molecule has 1 aromatic carbocycles. The first-order valence-electron chi connectivity index (χ1n) is 11.9. The Kier molecular flexibility index (Phi) is 7.95. The SMILES string of the molecule is C=CCCOC(=O)[C@H]1[C@H]2C(=O)N(CCO)C(C(=O)N(CC=C)c3c(C)cccc3Cl)C23CC(Br)[C@@H]1O3. The van der Waals surface area contributed by atoms with Crippen LogP contribution in [0.5, 0.6) is 0 Å². The molecule has 2 bridgehead atoms. The predicted octanol–water partition coefficient (Wildman–Crippen LogP) is 3.03. The molecule has 10 heteroatoms. The number of ether oxygens (including phenoxy) is 2. The predicted molar refractivity (Wildman–Crippen MR) is 139 cm³/mol. The highest BCUT2D eigenvalue weighted by Gasteiger charge is 2.77. The summed E-state index contributed by atoms with van der Waals surface area (Å²) in [7, 11) is 0. The van der Waals surface area contributed by atoms with Crippen LogP contribution in [0, 0.1) is 18.8 Å². The van der Waals surface area contributed by atoms with E-state index < -0.39 is 47.4 Å². The number of halogens is 2. The Bertz CT molecular complexity index is 1060.